The number of rotatable bonds is 6. The Morgan fingerprint density at radius 2 is 0.696 bits per heavy atom. The first-order valence-corrected chi connectivity index (χ1v) is 15.8. The van der Waals surface area contributed by atoms with Crippen LogP contribution >= 0.6 is 0 Å². The van der Waals surface area contributed by atoms with Gasteiger partial charge in [0.1, 0.15) is 0 Å². The van der Waals surface area contributed by atoms with Crippen LogP contribution in [-0.2, 0) is 0 Å². The zero-order chi connectivity index (χ0) is 30.5. The number of anilines is 6. The monoisotopic (exact) mass is 586 g/mol. The van der Waals surface area contributed by atoms with Crippen molar-refractivity contribution in [2.45, 2.75) is 0 Å². The van der Waals surface area contributed by atoms with Crippen molar-refractivity contribution >= 4 is 77.2 Å². The Hall–Kier alpha value is -6.12. The number of benzene rings is 9. The average Bonchev–Trinajstić information content (AvgIpc) is 3.13. The van der Waals surface area contributed by atoms with E-state index in [-0.39, 0.29) is 0 Å². The Balaban J connectivity index is 1.55. The quantitative estimate of drug-likeness (QED) is 0.141. The molecule has 9 aromatic carbocycles. The number of fused-ring (bicyclic) bond motifs is 2. The average molecular weight is 587 g/mol. The first-order valence-electron chi connectivity index (χ1n) is 15.8. The van der Waals surface area contributed by atoms with Crippen LogP contribution in [0.1, 0.15) is 0 Å². The lowest BCUT2D eigenvalue weighted by Crippen LogP contribution is -2.17. The van der Waals surface area contributed by atoms with Crippen molar-refractivity contribution < 1.29 is 0 Å². The molecular weight excluding hydrogens is 556 g/mol. The van der Waals surface area contributed by atoms with Gasteiger partial charge in [-0.05, 0) is 92.3 Å². The molecule has 0 fully saturated rings. The molecule has 46 heavy (non-hydrogen) atoms. The van der Waals surface area contributed by atoms with Gasteiger partial charge in [0.05, 0.1) is 11.4 Å². The summed E-state index contributed by atoms with van der Waals surface area (Å²) in [5.74, 6) is 0. The molecule has 0 radical (unpaired) electrons. The molecule has 2 nitrogen and oxygen atoms in total. The van der Waals surface area contributed by atoms with E-state index in [2.05, 4.69) is 192 Å². The molecule has 0 spiro atoms. The predicted molar refractivity (Wildman–Crippen MR) is 197 cm³/mol. The van der Waals surface area contributed by atoms with E-state index < -0.39 is 0 Å². The van der Waals surface area contributed by atoms with Crippen molar-refractivity contribution in [1.82, 2.24) is 0 Å². The lowest BCUT2D eigenvalue weighted by molar-refractivity contribution is 1.24. The summed E-state index contributed by atoms with van der Waals surface area (Å²) in [5, 5.41) is 10.1. The van der Waals surface area contributed by atoms with Gasteiger partial charge >= 0.3 is 0 Å². The Kier molecular flexibility index (Phi) is 6.17. The Labute approximate surface area is 268 Å². The first-order chi connectivity index (χ1) is 22.9. The third-order valence-corrected chi connectivity index (χ3v) is 9.10. The summed E-state index contributed by atoms with van der Waals surface area (Å²) in [5.41, 5.74) is 6.68. The van der Waals surface area contributed by atoms with E-state index in [9.17, 15) is 0 Å². The van der Waals surface area contributed by atoms with Crippen molar-refractivity contribution in [1.29, 1.82) is 0 Å². The molecule has 0 aliphatic rings. The van der Waals surface area contributed by atoms with Gasteiger partial charge in [0, 0.05) is 28.1 Å². The Morgan fingerprint density at radius 1 is 0.283 bits per heavy atom. The van der Waals surface area contributed by atoms with Gasteiger partial charge in [-0.1, -0.05) is 127 Å². The van der Waals surface area contributed by atoms with Crippen LogP contribution in [0.2, 0.25) is 0 Å². The molecule has 0 N–H and O–H groups in total. The third kappa shape index (κ3) is 4.12. The standard InChI is InChI=1S/C44H30N2/c1-5-19-33(20-6-1)45(34-21-7-2-8-22-34)40-30-32-18-15-28-38-37-27-13-16-31-17-14-29-39(41(31)37)43(42(32)38)44(40)46(35-23-9-3-10-24-35)36-25-11-4-12-26-36/h1-30H. The largest absolute Gasteiger partial charge is 0.308 e. The zero-order valence-corrected chi connectivity index (χ0v) is 25.2. The molecule has 9 rings (SSSR count). The van der Waals surface area contributed by atoms with Gasteiger partial charge in [-0.25, -0.2) is 0 Å². The molecule has 0 unspecified atom stereocenters. The number of nitrogens with zero attached hydrogens (tertiary/aromatic N) is 2. The van der Waals surface area contributed by atoms with E-state index in [0.717, 1.165) is 34.1 Å². The molecule has 216 valence electrons. The third-order valence-electron chi connectivity index (χ3n) is 9.10. The maximum absolute atomic E-state index is 2.45. The maximum Gasteiger partial charge on any atom is 0.0788 e. The molecule has 0 heterocycles. The molecule has 0 aliphatic carbocycles. The maximum atomic E-state index is 2.45. The van der Waals surface area contributed by atoms with Crippen molar-refractivity contribution in [3.63, 3.8) is 0 Å². The summed E-state index contributed by atoms with van der Waals surface area (Å²) in [6, 6.07) is 65.7. The highest BCUT2D eigenvalue weighted by Crippen LogP contribution is 2.54. The summed E-state index contributed by atoms with van der Waals surface area (Å²) < 4.78 is 0. The normalized spacial score (nSPS) is 11.5. The van der Waals surface area contributed by atoms with Crippen LogP contribution in [-0.4, -0.2) is 0 Å². The van der Waals surface area contributed by atoms with Crippen LogP contribution in [0.25, 0.3) is 43.1 Å². The summed E-state index contributed by atoms with van der Waals surface area (Å²) in [6.45, 7) is 0. The summed E-state index contributed by atoms with van der Waals surface area (Å²) in [6.07, 6.45) is 0. The van der Waals surface area contributed by atoms with E-state index >= 15 is 0 Å². The van der Waals surface area contributed by atoms with E-state index in [0.29, 0.717) is 0 Å². The smallest absolute Gasteiger partial charge is 0.0788 e. The highest BCUT2D eigenvalue weighted by Gasteiger charge is 2.27. The molecule has 0 saturated heterocycles. The Morgan fingerprint density at radius 3 is 1.20 bits per heavy atom. The molecule has 9 aromatic rings. The van der Waals surface area contributed by atoms with Gasteiger partial charge in [0.15, 0.2) is 0 Å². The van der Waals surface area contributed by atoms with Crippen molar-refractivity contribution in [3.05, 3.63) is 182 Å². The number of hydrogen-bond acceptors (Lipinski definition) is 2. The number of hydrogen-bond donors (Lipinski definition) is 0. The molecular formula is C44H30N2. The van der Waals surface area contributed by atoms with Gasteiger partial charge in [-0.3, -0.25) is 0 Å². The highest BCUT2D eigenvalue weighted by atomic mass is 15.2. The SMILES string of the molecule is c1ccc(N(c2ccccc2)c2cc3cccc4c5cccc6cccc(c(c2N(c2ccccc2)c2ccccc2)c34)c65)cc1. The van der Waals surface area contributed by atoms with Gasteiger partial charge in [-0.15, -0.1) is 0 Å². The molecule has 0 bridgehead atoms. The van der Waals surface area contributed by atoms with E-state index in [1.807, 2.05) is 0 Å². The fraction of sp³-hybridized carbons (Fsp3) is 0. The van der Waals surface area contributed by atoms with Gasteiger partial charge in [0.2, 0.25) is 0 Å². The second kappa shape index (κ2) is 10.8. The zero-order valence-electron chi connectivity index (χ0n) is 25.2. The summed E-state index contributed by atoms with van der Waals surface area (Å²) in [4.78, 5) is 4.87. The van der Waals surface area contributed by atoms with Crippen LogP contribution in [0.3, 0.4) is 0 Å². The highest BCUT2D eigenvalue weighted by molar-refractivity contribution is 6.37. The van der Waals surface area contributed by atoms with Crippen LogP contribution in [0.15, 0.2) is 182 Å². The second-order valence-corrected chi connectivity index (χ2v) is 11.7. The van der Waals surface area contributed by atoms with E-state index in [1.54, 1.807) is 0 Å². The van der Waals surface area contributed by atoms with E-state index in [4.69, 9.17) is 0 Å². The minimum Gasteiger partial charge on any atom is -0.308 e. The number of para-hydroxylation sites is 4. The van der Waals surface area contributed by atoms with Crippen molar-refractivity contribution in [3.8, 4) is 0 Å². The van der Waals surface area contributed by atoms with Gasteiger partial charge < -0.3 is 9.80 Å². The van der Waals surface area contributed by atoms with Crippen LogP contribution in [0, 0.1) is 0 Å². The first kappa shape index (κ1) is 26.3. The molecule has 0 amide bonds. The van der Waals surface area contributed by atoms with Crippen LogP contribution < -0.4 is 9.80 Å². The molecule has 0 saturated carbocycles. The van der Waals surface area contributed by atoms with Crippen LogP contribution in [0.5, 0.6) is 0 Å². The minimum atomic E-state index is 1.10. The van der Waals surface area contributed by atoms with Crippen molar-refractivity contribution in [2.75, 3.05) is 9.80 Å². The summed E-state index contributed by atoms with van der Waals surface area (Å²) >= 11 is 0. The molecule has 2 heteroatoms. The topological polar surface area (TPSA) is 6.48 Å². The minimum absolute atomic E-state index is 1.10. The lowest BCUT2D eigenvalue weighted by Gasteiger charge is -2.35. The fourth-order valence-electron chi connectivity index (χ4n) is 7.23. The summed E-state index contributed by atoms with van der Waals surface area (Å²) in [7, 11) is 0. The predicted octanol–water partition coefficient (Wildman–Crippen LogP) is 12.7. The molecule has 0 atom stereocenters. The van der Waals surface area contributed by atoms with Gasteiger partial charge in [0.25, 0.3) is 0 Å². The van der Waals surface area contributed by atoms with E-state index in [1.165, 1.54) is 43.1 Å². The lowest BCUT2D eigenvalue weighted by atomic mass is 9.87. The fourth-order valence-corrected chi connectivity index (χ4v) is 7.23. The second-order valence-electron chi connectivity index (χ2n) is 11.7. The van der Waals surface area contributed by atoms with Crippen molar-refractivity contribution in [2.24, 2.45) is 0 Å². The van der Waals surface area contributed by atoms with Crippen LogP contribution in [0.4, 0.5) is 34.1 Å². The Bertz CT molecular complexity index is 2370. The molecule has 0 aromatic heterocycles. The van der Waals surface area contributed by atoms with Gasteiger partial charge in [-0.2, -0.15) is 0 Å². The molecule has 0 aliphatic heterocycles.